The Kier molecular flexibility index (Phi) is 8.82. The standard InChI is InChI=1S/C26H48F2N2O/c1-25(2,3)19-8-7-9-20(15-19)26(10-5-4-6-11-26)30-17-24(31)23(29)14-18-12-21(27)16-22(28)13-18/h18-24,30-31H,4-17,29H2,1-3H3. The van der Waals surface area contributed by atoms with Crippen molar-refractivity contribution in [3.05, 3.63) is 0 Å². The molecule has 31 heavy (non-hydrogen) atoms. The molecule has 0 aromatic heterocycles. The van der Waals surface area contributed by atoms with Crippen molar-refractivity contribution in [2.45, 2.75) is 134 Å². The molecule has 0 saturated heterocycles. The maximum atomic E-state index is 13.7. The summed E-state index contributed by atoms with van der Waals surface area (Å²) in [7, 11) is 0. The minimum absolute atomic E-state index is 0.0231. The van der Waals surface area contributed by atoms with E-state index in [0.29, 0.717) is 37.1 Å². The molecular formula is C26H48F2N2O. The zero-order valence-electron chi connectivity index (χ0n) is 20.2. The van der Waals surface area contributed by atoms with Crippen LogP contribution in [0.4, 0.5) is 8.78 Å². The summed E-state index contributed by atoms with van der Waals surface area (Å²) < 4.78 is 27.5. The summed E-state index contributed by atoms with van der Waals surface area (Å²) in [5.41, 5.74) is 6.78. The van der Waals surface area contributed by atoms with Gasteiger partial charge in [0.1, 0.15) is 12.3 Å². The second kappa shape index (κ2) is 10.8. The zero-order valence-corrected chi connectivity index (χ0v) is 20.2. The average molecular weight is 443 g/mol. The Morgan fingerprint density at radius 3 is 2.23 bits per heavy atom. The molecule has 3 nitrogen and oxygen atoms in total. The van der Waals surface area contributed by atoms with Gasteiger partial charge in [-0.1, -0.05) is 46.5 Å². The van der Waals surface area contributed by atoms with Crippen molar-refractivity contribution >= 4 is 0 Å². The first-order valence-corrected chi connectivity index (χ1v) is 13.1. The Balaban J connectivity index is 1.58. The van der Waals surface area contributed by atoms with Gasteiger partial charge < -0.3 is 16.2 Å². The number of rotatable bonds is 7. The summed E-state index contributed by atoms with van der Waals surface area (Å²) in [5, 5.41) is 14.7. The highest BCUT2D eigenvalue weighted by Crippen LogP contribution is 2.47. The Morgan fingerprint density at radius 2 is 1.61 bits per heavy atom. The van der Waals surface area contributed by atoms with Crippen molar-refractivity contribution in [3.63, 3.8) is 0 Å². The molecule has 3 rings (SSSR count). The van der Waals surface area contributed by atoms with Gasteiger partial charge in [0.25, 0.3) is 0 Å². The minimum atomic E-state index is -1.07. The molecule has 6 unspecified atom stereocenters. The van der Waals surface area contributed by atoms with Gasteiger partial charge in [-0.3, -0.25) is 0 Å². The van der Waals surface area contributed by atoms with Gasteiger partial charge >= 0.3 is 0 Å². The van der Waals surface area contributed by atoms with Gasteiger partial charge in [0, 0.05) is 24.5 Å². The van der Waals surface area contributed by atoms with Crippen molar-refractivity contribution in [2.75, 3.05) is 6.54 Å². The Labute approximate surface area is 189 Å². The highest BCUT2D eigenvalue weighted by molar-refractivity contribution is 5.00. The molecule has 6 atom stereocenters. The van der Waals surface area contributed by atoms with Crippen LogP contribution in [0.2, 0.25) is 0 Å². The van der Waals surface area contributed by atoms with E-state index in [1.54, 1.807) is 0 Å². The Morgan fingerprint density at radius 1 is 0.968 bits per heavy atom. The third kappa shape index (κ3) is 6.86. The molecule has 3 aliphatic rings. The molecule has 3 fully saturated rings. The van der Waals surface area contributed by atoms with Crippen LogP contribution in [-0.4, -0.2) is 41.7 Å². The first-order chi connectivity index (χ1) is 14.6. The van der Waals surface area contributed by atoms with E-state index in [9.17, 15) is 13.9 Å². The third-order valence-corrected chi connectivity index (χ3v) is 8.88. The molecule has 3 aliphatic carbocycles. The number of aliphatic hydroxyl groups is 1. The van der Waals surface area contributed by atoms with Crippen LogP contribution >= 0.6 is 0 Å². The van der Waals surface area contributed by atoms with Crippen LogP contribution in [-0.2, 0) is 0 Å². The van der Waals surface area contributed by atoms with Crippen molar-refractivity contribution in [2.24, 2.45) is 28.9 Å². The number of alkyl halides is 2. The van der Waals surface area contributed by atoms with Gasteiger partial charge in [0.05, 0.1) is 6.10 Å². The molecule has 3 saturated carbocycles. The monoisotopic (exact) mass is 442 g/mol. The fraction of sp³-hybridized carbons (Fsp3) is 1.00. The van der Waals surface area contributed by atoms with Crippen molar-refractivity contribution in [3.8, 4) is 0 Å². The smallest absolute Gasteiger partial charge is 0.103 e. The van der Waals surface area contributed by atoms with E-state index in [4.69, 9.17) is 5.73 Å². The van der Waals surface area contributed by atoms with Crippen LogP contribution in [0.1, 0.15) is 104 Å². The fourth-order valence-corrected chi connectivity index (χ4v) is 6.87. The lowest BCUT2D eigenvalue weighted by Gasteiger charge is -2.50. The maximum Gasteiger partial charge on any atom is 0.103 e. The molecule has 0 bridgehead atoms. The number of hydrogen-bond acceptors (Lipinski definition) is 3. The van der Waals surface area contributed by atoms with Crippen LogP contribution in [0.5, 0.6) is 0 Å². The van der Waals surface area contributed by atoms with E-state index in [1.807, 2.05) is 0 Å². The molecule has 0 aliphatic heterocycles. The van der Waals surface area contributed by atoms with E-state index >= 15 is 0 Å². The molecular weight excluding hydrogens is 394 g/mol. The van der Waals surface area contributed by atoms with E-state index < -0.39 is 24.5 Å². The molecule has 0 amide bonds. The van der Waals surface area contributed by atoms with Crippen LogP contribution in [0, 0.1) is 23.2 Å². The lowest BCUT2D eigenvalue weighted by molar-refractivity contribution is 0.0388. The maximum absolute atomic E-state index is 13.7. The van der Waals surface area contributed by atoms with E-state index in [2.05, 4.69) is 26.1 Å². The SMILES string of the molecule is CC(C)(C)C1CCCC(C2(NCC(O)C(N)CC3CC(F)CC(F)C3)CCCCC2)C1. The molecule has 0 aromatic carbocycles. The number of halogens is 2. The van der Waals surface area contributed by atoms with Crippen molar-refractivity contribution in [1.82, 2.24) is 5.32 Å². The number of β-amino-alcohol motifs (C(OH)–C–C–N with tert-alkyl or cyclic N) is 1. The third-order valence-electron chi connectivity index (χ3n) is 8.88. The number of hydrogen-bond donors (Lipinski definition) is 3. The van der Waals surface area contributed by atoms with Gasteiger partial charge in [0.2, 0.25) is 0 Å². The van der Waals surface area contributed by atoms with E-state index in [-0.39, 0.29) is 17.9 Å². The summed E-state index contributed by atoms with van der Waals surface area (Å²) in [6, 6.07) is -0.427. The van der Waals surface area contributed by atoms with Gasteiger partial charge in [-0.15, -0.1) is 0 Å². The highest BCUT2D eigenvalue weighted by atomic mass is 19.1. The second-order valence-electron chi connectivity index (χ2n) is 12.3. The van der Waals surface area contributed by atoms with Crippen LogP contribution in [0.3, 0.4) is 0 Å². The quantitative estimate of drug-likeness (QED) is 0.475. The molecule has 0 aromatic rings. The van der Waals surface area contributed by atoms with Gasteiger partial charge in [-0.05, 0) is 74.5 Å². The first-order valence-electron chi connectivity index (χ1n) is 13.1. The van der Waals surface area contributed by atoms with Gasteiger partial charge in [0.15, 0.2) is 0 Å². The summed E-state index contributed by atoms with van der Waals surface area (Å²) in [4.78, 5) is 0. The number of aliphatic hydroxyl groups excluding tert-OH is 1. The summed E-state index contributed by atoms with van der Waals surface area (Å²) in [6.45, 7) is 7.61. The second-order valence-corrected chi connectivity index (χ2v) is 12.3. The lowest BCUT2D eigenvalue weighted by atomic mass is 9.61. The normalized spacial score (nSPS) is 36.7. The summed E-state index contributed by atoms with van der Waals surface area (Å²) >= 11 is 0. The van der Waals surface area contributed by atoms with E-state index in [1.165, 1.54) is 57.8 Å². The largest absolute Gasteiger partial charge is 0.390 e. The topological polar surface area (TPSA) is 58.3 Å². The van der Waals surface area contributed by atoms with Crippen LogP contribution in [0.15, 0.2) is 0 Å². The van der Waals surface area contributed by atoms with Gasteiger partial charge in [-0.25, -0.2) is 8.78 Å². The van der Waals surface area contributed by atoms with Crippen LogP contribution in [0.25, 0.3) is 0 Å². The fourth-order valence-electron chi connectivity index (χ4n) is 6.87. The molecule has 182 valence electrons. The molecule has 0 radical (unpaired) electrons. The molecule has 0 heterocycles. The lowest BCUT2D eigenvalue weighted by Crippen LogP contribution is -2.57. The molecule has 5 heteroatoms. The number of nitrogens with one attached hydrogen (secondary N) is 1. The Hall–Kier alpha value is -0.260. The Bertz CT molecular complexity index is 536. The summed E-state index contributed by atoms with van der Waals surface area (Å²) in [6.07, 6.45) is 9.86. The first kappa shape index (κ1) is 25.4. The number of nitrogens with two attached hydrogens (primary N) is 1. The van der Waals surface area contributed by atoms with Crippen LogP contribution < -0.4 is 11.1 Å². The molecule has 4 N–H and O–H groups in total. The predicted molar refractivity (Wildman–Crippen MR) is 124 cm³/mol. The zero-order chi connectivity index (χ0) is 22.6. The van der Waals surface area contributed by atoms with Crippen molar-refractivity contribution < 1.29 is 13.9 Å². The van der Waals surface area contributed by atoms with Crippen molar-refractivity contribution in [1.29, 1.82) is 0 Å². The van der Waals surface area contributed by atoms with E-state index in [0.717, 1.165) is 5.92 Å². The van der Waals surface area contributed by atoms with Gasteiger partial charge in [-0.2, -0.15) is 0 Å². The minimum Gasteiger partial charge on any atom is -0.390 e. The predicted octanol–water partition coefficient (Wildman–Crippen LogP) is 5.69. The average Bonchev–Trinajstić information content (AvgIpc) is 2.71. The highest BCUT2D eigenvalue weighted by Gasteiger charge is 2.43. The molecule has 0 spiro atoms. The summed E-state index contributed by atoms with van der Waals surface area (Å²) in [5.74, 6) is 1.36.